The standard InChI is InChI=1S/C18H17FN2O3/c19-16-6-2-1-4-13(16)5-3-7-18(22)20-11-10-14-8-9-15(21(23)24)12-17(14)20/h1-2,4,6,8-9,12H,3,5,7,10-11H2. The minimum Gasteiger partial charge on any atom is -0.312 e. The molecule has 6 heteroatoms. The number of fused-ring (bicyclic) bond motifs is 1. The first-order valence-corrected chi connectivity index (χ1v) is 7.87. The van der Waals surface area contributed by atoms with Crippen molar-refractivity contribution in [3.8, 4) is 0 Å². The third-order valence-corrected chi connectivity index (χ3v) is 4.27. The van der Waals surface area contributed by atoms with Gasteiger partial charge >= 0.3 is 0 Å². The molecule has 0 radical (unpaired) electrons. The average Bonchev–Trinajstić information content (AvgIpc) is 2.99. The fraction of sp³-hybridized carbons (Fsp3) is 0.278. The van der Waals surface area contributed by atoms with E-state index in [2.05, 4.69) is 0 Å². The summed E-state index contributed by atoms with van der Waals surface area (Å²) in [5.74, 6) is -0.335. The number of carbonyl (C=O) groups excluding carboxylic acids is 1. The van der Waals surface area contributed by atoms with Crippen LogP contribution in [0, 0.1) is 15.9 Å². The smallest absolute Gasteiger partial charge is 0.271 e. The lowest BCUT2D eigenvalue weighted by molar-refractivity contribution is -0.384. The zero-order valence-electron chi connectivity index (χ0n) is 13.1. The van der Waals surface area contributed by atoms with E-state index in [1.54, 1.807) is 29.2 Å². The van der Waals surface area contributed by atoms with Gasteiger partial charge in [-0.05, 0) is 36.5 Å². The summed E-state index contributed by atoms with van der Waals surface area (Å²) in [5.41, 5.74) is 2.16. The number of hydrogen-bond acceptors (Lipinski definition) is 3. The van der Waals surface area contributed by atoms with Crippen molar-refractivity contribution in [2.45, 2.75) is 25.7 Å². The van der Waals surface area contributed by atoms with E-state index in [9.17, 15) is 19.3 Å². The van der Waals surface area contributed by atoms with Gasteiger partial charge in [-0.25, -0.2) is 4.39 Å². The van der Waals surface area contributed by atoms with Gasteiger partial charge in [0.2, 0.25) is 5.91 Å². The minimum absolute atomic E-state index is 0.0141. The maximum atomic E-state index is 13.6. The second-order valence-electron chi connectivity index (χ2n) is 5.81. The van der Waals surface area contributed by atoms with Crippen molar-refractivity contribution in [3.05, 3.63) is 69.5 Å². The lowest BCUT2D eigenvalue weighted by Gasteiger charge is -2.17. The van der Waals surface area contributed by atoms with Crippen molar-refractivity contribution in [3.63, 3.8) is 0 Å². The van der Waals surface area contributed by atoms with Gasteiger partial charge in [-0.3, -0.25) is 14.9 Å². The van der Waals surface area contributed by atoms with Crippen molar-refractivity contribution < 1.29 is 14.1 Å². The summed E-state index contributed by atoms with van der Waals surface area (Å²) in [6, 6.07) is 11.2. The third kappa shape index (κ3) is 3.27. The van der Waals surface area contributed by atoms with Gasteiger partial charge in [-0.15, -0.1) is 0 Å². The van der Waals surface area contributed by atoms with E-state index < -0.39 is 4.92 Å². The van der Waals surface area contributed by atoms with E-state index in [1.807, 2.05) is 0 Å². The molecule has 2 aromatic rings. The van der Waals surface area contributed by atoms with Crippen molar-refractivity contribution >= 4 is 17.3 Å². The number of hydrogen-bond donors (Lipinski definition) is 0. The van der Waals surface area contributed by atoms with Gasteiger partial charge in [0.05, 0.1) is 10.6 Å². The highest BCUT2D eigenvalue weighted by Gasteiger charge is 2.26. The SMILES string of the molecule is O=C(CCCc1ccccc1F)N1CCc2ccc([N+](=O)[O-])cc21. The Bertz CT molecular complexity index is 792. The van der Waals surface area contributed by atoms with Crippen molar-refractivity contribution in [1.82, 2.24) is 0 Å². The molecule has 0 N–H and O–H groups in total. The summed E-state index contributed by atoms with van der Waals surface area (Å²) in [5, 5.41) is 10.9. The molecule has 5 nitrogen and oxygen atoms in total. The van der Waals surface area contributed by atoms with Crippen LogP contribution in [0.15, 0.2) is 42.5 Å². The summed E-state index contributed by atoms with van der Waals surface area (Å²) in [4.78, 5) is 24.5. The maximum Gasteiger partial charge on any atom is 0.271 e. The van der Waals surface area contributed by atoms with Crippen molar-refractivity contribution in [2.75, 3.05) is 11.4 Å². The zero-order chi connectivity index (χ0) is 17.1. The summed E-state index contributed by atoms with van der Waals surface area (Å²) in [6.07, 6.45) is 2.03. The van der Waals surface area contributed by atoms with E-state index in [-0.39, 0.29) is 23.8 Å². The quantitative estimate of drug-likeness (QED) is 0.622. The number of nitrogens with zero attached hydrogens (tertiary/aromatic N) is 2. The first-order chi connectivity index (χ1) is 11.6. The predicted octanol–water partition coefficient (Wildman–Crippen LogP) is 3.65. The van der Waals surface area contributed by atoms with Gasteiger partial charge in [0, 0.05) is 25.1 Å². The van der Waals surface area contributed by atoms with Crippen LogP contribution in [-0.2, 0) is 17.6 Å². The van der Waals surface area contributed by atoms with Crippen LogP contribution in [0.2, 0.25) is 0 Å². The second kappa shape index (κ2) is 6.78. The number of non-ortho nitro benzene ring substituents is 1. The van der Waals surface area contributed by atoms with Gasteiger partial charge in [0.1, 0.15) is 5.82 Å². The Morgan fingerprint density at radius 2 is 2.04 bits per heavy atom. The van der Waals surface area contributed by atoms with Crippen LogP contribution < -0.4 is 4.90 Å². The molecule has 0 aliphatic carbocycles. The topological polar surface area (TPSA) is 63.5 Å². The molecule has 0 bridgehead atoms. The highest BCUT2D eigenvalue weighted by Crippen LogP contribution is 2.32. The zero-order valence-corrected chi connectivity index (χ0v) is 13.1. The third-order valence-electron chi connectivity index (χ3n) is 4.27. The predicted molar refractivity (Wildman–Crippen MR) is 88.5 cm³/mol. The first kappa shape index (κ1) is 16.1. The molecule has 0 spiro atoms. The van der Waals surface area contributed by atoms with Gasteiger partial charge in [-0.1, -0.05) is 24.3 Å². The molecule has 0 atom stereocenters. The summed E-state index contributed by atoms with van der Waals surface area (Å²) in [7, 11) is 0. The molecule has 3 rings (SSSR count). The Balaban J connectivity index is 1.64. The largest absolute Gasteiger partial charge is 0.312 e. The summed E-state index contributed by atoms with van der Waals surface area (Å²) < 4.78 is 13.6. The molecule has 0 unspecified atom stereocenters. The van der Waals surface area contributed by atoms with Crippen LogP contribution in [0.5, 0.6) is 0 Å². The van der Waals surface area contributed by atoms with Crippen LogP contribution in [-0.4, -0.2) is 17.4 Å². The van der Waals surface area contributed by atoms with E-state index in [4.69, 9.17) is 0 Å². The van der Waals surface area contributed by atoms with E-state index in [1.165, 1.54) is 18.2 Å². The molecular formula is C18H17FN2O3. The molecule has 1 amide bonds. The van der Waals surface area contributed by atoms with Gasteiger partial charge in [0.25, 0.3) is 5.69 Å². The molecule has 1 aliphatic heterocycles. The first-order valence-electron chi connectivity index (χ1n) is 7.87. The monoisotopic (exact) mass is 328 g/mol. The molecule has 1 aliphatic rings. The molecule has 1 heterocycles. The fourth-order valence-electron chi connectivity index (χ4n) is 3.01. The number of halogens is 1. The molecule has 2 aromatic carbocycles. The van der Waals surface area contributed by atoms with Crippen LogP contribution in [0.4, 0.5) is 15.8 Å². The highest BCUT2D eigenvalue weighted by atomic mass is 19.1. The van der Waals surface area contributed by atoms with Gasteiger partial charge < -0.3 is 4.90 Å². The average molecular weight is 328 g/mol. The van der Waals surface area contributed by atoms with E-state index in [0.29, 0.717) is 37.1 Å². The van der Waals surface area contributed by atoms with Crippen LogP contribution in [0.3, 0.4) is 0 Å². The molecular weight excluding hydrogens is 311 g/mol. The number of benzene rings is 2. The number of rotatable bonds is 5. The van der Waals surface area contributed by atoms with Gasteiger partial charge in [-0.2, -0.15) is 0 Å². The molecule has 24 heavy (non-hydrogen) atoms. The van der Waals surface area contributed by atoms with Crippen molar-refractivity contribution in [1.29, 1.82) is 0 Å². The number of amides is 1. The lowest BCUT2D eigenvalue weighted by atomic mass is 10.1. The lowest BCUT2D eigenvalue weighted by Crippen LogP contribution is -2.28. The number of aryl methyl sites for hydroxylation is 1. The number of carbonyl (C=O) groups is 1. The molecule has 0 fully saturated rings. The Morgan fingerprint density at radius 1 is 1.25 bits per heavy atom. The Labute approximate surface area is 138 Å². The minimum atomic E-state index is -0.459. The van der Waals surface area contributed by atoms with Gasteiger partial charge in [0.15, 0.2) is 0 Å². The molecule has 124 valence electrons. The molecule has 0 aromatic heterocycles. The van der Waals surface area contributed by atoms with E-state index in [0.717, 1.165) is 5.56 Å². The number of anilines is 1. The van der Waals surface area contributed by atoms with Crippen LogP contribution in [0.25, 0.3) is 0 Å². The Morgan fingerprint density at radius 3 is 2.79 bits per heavy atom. The molecule has 0 saturated carbocycles. The molecule has 0 saturated heterocycles. The van der Waals surface area contributed by atoms with Crippen molar-refractivity contribution in [2.24, 2.45) is 0 Å². The number of nitro groups is 1. The highest BCUT2D eigenvalue weighted by molar-refractivity contribution is 5.95. The Hall–Kier alpha value is -2.76. The number of nitro benzene ring substituents is 1. The normalized spacial score (nSPS) is 13.0. The maximum absolute atomic E-state index is 13.6. The summed E-state index contributed by atoms with van der Waals surface area (Å²) >= 11 is 0. The summed E-state index contributed by atoms with van der Waals surface area (Å²) in [6.45, 7) is 0.537. The van der Waals surface area contributed by atoms with E-state index >= 15 is 0 Å². The van der Waals surface area contributed by atoms with Crippen LogP contribution >= 0.6 is 0 Å². The second-order valence-corrected chi connectivity index (χ2v) is 5.81. The Kier molecular flexibility index (Phi) is 4.55. The van der Waals surface area contributed by atoms with Crippen LogP contribution in [0.1, 0.15) is 24.0 Å². The fourth-order valence-corrected chi connectivity index (χ4v) is 3.01.